The monoisotopic (exact) mass is 930 g/mol. The number of nitrogens with zero attached hydrogens (tertiary/aromatic N) is 1. The van der Waals surface area contributed by atoms with Gasteiger partial charge in [-0.05, 0) is 169 Å². The Morgan fingerprint density at radius 3 is 0.586 bits per heavy atom. The molecule has 6 aromatic carbocycles. The average Bonchev–Trinajstić information content (AvgIpc) is 3.80. The molecule has 3 fully saturated rings. The summed E-state index contributed by atoms with van der Waals surface area (Å²) >= 11 is 0. The number of hydrogen-bond acceptors (Lipinski definition) is 7. The summed E-state index contributed by atoms with van der Waals surface area (Å²) in [6, 6.07) is 51.3. The quantitative estimate of drug-likeness (QED) is 0.0895. The van der Waals surface area contributed by atoms with Crippen molar-refractivity contribution in [3.05, 3.63) is 179 Å². The van der Waals surface area contributed by atoms with Crippen LogP contribution in [0.4, 0.5) is 17.1 Å². The van der Waals surface area contributed by atoms with Crippen molar-refractivity contribution < 1.29 is 27.9 Å². The smallest absolute Gasteiger partial charge is 0.399 e. The Morgan fingerprint density at radius 2 is 0.414 bits per heavy atom. The van der Waals surface area contributed by atoms with E-state index in [1.807, 2.05) is 0 Å². The van der Waals surface area contributed by atoms with Gasteiger partial charge in [0, 0.05) is 17.1 Å². The minimum absolute atomic E-state index is 0.377. The lowest BCUT2D eigenvalue weighted by molar-refractivity contribution is 0.00578. The summed E-state index contributed by atoms with van der Waals surface area (Å²) in [7, 11) is -1.14. The predicted octanol–water partition coefficient (Wildman–Crippen LogP) is 12.6. The van der Waals surface area contributed by atoms with E-state index in [1.165, 1.54) is 0 Å². The zero-order valence-electron chi connectivity index (χ0n) is 42.9. The van der Waals surface area contributed by atoms with E-state index < -0.39 is 0 Å². The lowest BCUT2D eigenvalue weighted by atomic mass is 9.79. The van der Waals surface area contributed by atoms with Crippen molar-refractivity contribution >= 4 is 91.3 Å². The highest BCUT2D eigenvalue weighted by Crippen LogP contribution is 2.40. The van der Waals surface area contributed by atoms with E-state index in [9.17, 15) is 0 Å². The maximum atomic E-state index is 6.27. The molecule has 0 spiro atoms. The highest BCUT2D eigenvalue weighted by Gasteiger charge is 2.53. The molecule has 3 saturated heterocycles. The standard InChI is InChI=1S/C60H66B3NO6/c1-55(2)56(3,4)66-61(65-55)49-31-19-43(20-32-49)13-16-46-25-37-52(38-26-46)64(53-39-27-47(28-40-53)17-14-44-21-33-50(34-22-44)62-67-57(5,6)58(7,8)68-62)54-41-29-48(30-42-54)18-15-45-23-35-51(36-24-45)63-69-59(9,10)60(11,12)70-63/h13-42H,1-12H3/b16-13+,17-14+,18-15+. The van der Waals surface area contributed by atoms with Crippen LogP contribution < -0.4 is 21.3 Å². The zero-order valence-corrected chi connectivity index (χ0v) is 42.9. The van der Waals surface area contributed by atoms with E-state index in [0.717, 1.165) is 66.8 Å². The number of hydrogen-bond donors (Lipinski definition) is 0. The van der Waals surface area contributed by atoms with Crippen LogP contribution >= 0.6 is 0 Å². The summed E-state index contributed by atoms with van der Waals surface area (Å²) in [4.78, 5) is 2.30. The molecule has 7 nitrogen and oxygen atoms in total. The first-order valence-electron chi connectivity index (χ1n) is 24.6. The van der Waals surface area contributed by atoms with Crippen LogP contribution in [0.25, 0.3) is 36.5 Å². The van der Waals surface area contributed by atoms with Crippen molar-refractivity contribution in [1.29, 1.82) is 0 Å². The van der Waals surface area contributed by atoms with Crippen LogP contribution in [-0.2, 0) is 27.9 Å². The molecule has 0 radical (unpaired) electrons. The molecule has 0 aliphatic carbocycles. The van der Waals surface area contributed by atoms with Gasteiger partial charge in [0.2, 0.25) is 0 Å². The molecule has 6 aromatic rings. The molecule has 0 aromatic heterocycles. The Hall–Kier alpha value is -5.71. The largest absolute Gasteiger partial charge is 0.494 e. The lowest BCUT2D eigenvalue weighted by Crippen LogP contribution is -2.41. The zero-order chi connectivity index (χ0) is 49.7. The van der Waals surface area contributed by atoms with E-state index in [2.05, 4.69) is 270 Å². The van der Waals surface area contributed by atoms with E-state index in [1.54, 1.807) is 0 Å². The van der Waals surface area contributed by atoms with Crippen LogP contribution in [0.1, 0.15) is 116 Å². The Kier molecular flexibility index (Phi) is 13.2. The fraction of sp³-hybridized carbons (Fsp3) is 0.300. The van der Waals surface area contributed by atoms with Crippen molar-refractivity contribution in [3.63, 3.8) is 0 Å². The van der Waals surface area contributed by atoms with E-state index in [4.69, 9.17) is 27.9 Å². The molecule has 3 aliphatic rings. The Morgan fingerprint density at radius 1 is 0.257 bits per heavy atom. The molecular formula is C60H66B3NO6. The van der Waals surface area contributed by atoms with Gasteiger partial charge in [-0.2, -0.15) is 0 Å². The van der Waals surface area contributed by atoms with E-state index in [0.29, 0.717) is 0 Å². The summed E-state index contributed by atoms with van der Waals surface area (Å²) in [5.41, 5.74) is 10.6. The van der Waals surface area contributed by atoms with Gasteiger partial charge in [-0.25, -0.2) is 0 Å². The van der Waals surface area contributed by atoms with Gasteiger partial charge in [-0.15, -0.1) is 0 Å². The summed E-state index contributed by atoms with van der Waals surface area (Å²) < 4.78 is 37.6. The van der Waals surface area contributed by atoms with Crippen molar-refractivity contribution in [2.45, 2.75) is 117 Å². The van der Waals surface area contributed by atoms with Gasteiger partial charge in [-0.1, -0.05) is 146 Å². The van der Waals surface area contributed by atoms with Gasteiger partial charge in [0.05, 0.1) is 33.6 Å². The summed E-state index contributed by atoms with van der Waals surface area (Å²) in [5, 5.41) is 0. The van der Waals surface area contributed by atoms with E-state index >= 15 is 0 Å². The normalized spacial score (nSPS) is 19.8. The fourth-order valence-electron chi connectivity index (χ4n) is 8.46. The van der Waals surface area contributed by atoms with Crippen molar-refractivity contribution in [3.8, 4) is 0 Å². The summed E-state index contributed by atoms with van der Waals surface area (Å²) in [5.74, 6) is 0. The maximum absolute atomic E-state index is 6.27. The van der Waals surface area contributed by atoms with Crippen molar-refractivity contribution in [2.75, 3.05) is 4.90 Å². The van der Waals surface area contributed by atoms with Gasteiger partial charge in [0.25, 0.3) is 0 Å². The highest BCUT2D eigenvalue weighted by molar-refractivity contribution is 6.63. The Labute approximate surface area is 418 Å². The van der Waals surface area contributed by atoms with Gasteiger partial charge < -0.3 is 32.8 Å². The molecule has 0 bridgehead atoms. The van der Waals surface area contributed by atoms with Crippen LogP contribution in [0.3, 0.4) is 0 Å². The number of anilines is 3. The van der Waals surface area contributed by atoms with Crippen molar-refractivity contribution in [1.82, 2.24) is 0 Å². The third-order valence-electron chi connectivity index (χ3n) is 15.2. The second-order valence-corrected chi connectivity index (χ2v) is 21.9. The average molecular weight is 930 g/mol. The number of benzene rings is 6. The molecule has 0 atom stereocenters. The fourth-order valence-corrected chi connectivity index (χ4v) is 8.46. The van der Waals surface area contributed by atoms with Crippen LogP contribution in [0.2, 0.25) is 0 Å². The van der Waals surface area contributed by atoms with E-state index in [-0.39, 0.29) is 55.0 Å². The highest BCUT2D eigenvalue weighted by atomic mass is 16.7. The van der Waals surface area contributed by atoms with Crippen LogP contribution in [0.5, 0.6) is 0 Å². The first-order valence-corrected chi connectivity index (χ1v) is 24.6. The third-order valence-corrected chi connectivity index (χ3v) is 15.2. The molecule has 0 N–H and O–H groups in total. The molecular weight excluding hydrogens is 863 g/mol. The number of rotatable bonds is 12. The summed E-state index contributed by atoms with van der Waals surface area (Å²) in [6.07, 6.45) is 12.9. The Balaban J connectivity index is 0.913. The van der Waals surface area contributed by atoms with Crippen LogP contribution in [-0.4, -0.2) is 55.0 Å². The summed E-state index contributed by atoms with van der Waals surface area (Å²) in [6.45, 7) is 25.0. The molecule has 0 amide bonds. The molecule has 0 unspecified atom stereocenters. The molecule has 356 valence electrons. The SMILES string of the molecule is CC1(C)OB(c2ccc(/C=C/c3ccc(N(c4ccc(/C=C/c5ccc(B6OC(C)(C)C(C)(C)O6)cc5)cc4)c4ccc(/C=C/c5ccc(B6OC(C)(C)C(C)(C)O6)cc5)cc4)cc3)cc2)OC1(C)C. The van der Waals surface area contributed by atoms with Crippen LogP contribution in [0.15, 0.2) is 146 Å². The third kappa shape index (κ3) is 10.4. The second-order valence-electron chi connectivity index (χ2n) is 21.9. The van der Waals surface area contributed by atoms with Crippen molar-refractivity contribution in [2.24, 2.45) is 0 Å². The van der Waals surface area contributed by atoms with Crippen LogP contribution in [0, 0.1) is 0 Å². The predicted molar refractivity (Wildman–Crippen MR) is 294 cm³/mol. The molecule has 9 rings (SSSR count). The van der Waals surface area contributed by atoms with Gasteiger partial charge in [-0.3, -0.25) is 0 Å². The molecule has 3 aliphatic heterocycles. The van der Waals surface area contributed by atoms with Gasteiger partial charge in [0.1, 0.15) is 0 Å². The molecule has 10 heteroatoms. The van der Waals surface area contributed by atoms with Gasteiger partial charge >= 0.3 is 21.4 Å². The topological polar surface area (TPSA) is 58.6 Å². The minimum Gasteiger partial charge on any atom is -0.399 e. The first-order chi connectivity index (χ1) is 33.1. The van der Waals surface area contributed by atoms with Gasteiger partial charge in [0.15, 0.2) is 0 Å². The Bertz CT molecular complexity index is 2500. The first kappa shape index (κ1) is 49.3. The minimum atomic E-state index is -0.380. The second kappa shape index (κ2) is 18.8. The molecule has 0 saturated carbocycles. The molecule has 3 heterocycles. The lowest BCUT2D eigenvalue weighted by Gasteiger charge is -2.32. The molecule has 70 heavy (non-hydrogen) atoms. The maximum Gasteiger partial charge on any atom is 0.494 e.